The van der Waals surface area contributed by atoms with Gasteiger partial charge >= 0.3 is 0 Å². The molecule has 0 radical (unpaired) electrons. The molecule has 0 bridgehead atoms. The van der Waals surface area contributed by atoms with Crippen LogP contribution < -0.4 is 31.3 Å². The smallest absolute Gasteiger partial charge is 0.245 e. The van der Waals surface area contributed by atoms with E-state index in [-0.39, 0.29) is 62.9 Å². The second-order valence-electron chi connectivity index (χ2n) is 33.1. The summed E-state index contributed by atoms with van der Waals surface area (Å²) < 4.78 is 102. The zero-order valence-electron chi connectivity index (χ0n) is 69.8. The number of likely N-dealkylation sites (tertiary alicyclic amines) is 3. The van der Waals surface area contributed by atoms with Gasteiger partial charge in [-0.1, -0.05) is 104 Å². The highest BCUT2D eigenvalue weighted by molar-refractivity contribution is 7.89. The van der Waals surface area contributed by atoms with Crippen LogP contribution in [0.1, 0.15) is 143 Å². The number of rotatable bonds is 20. The van der Waals surface area contributed by atoms with Crippen LogP contribution >= 0.6 is 0 Å². The molecule has 29 nitrogen and oxygen atoms in total. The van der Waals surface area contributed by atoms with E-state index in [4.69, 9.17) is 14.2 Å². The van der Waals surface area contributed by atoms with E-state index in [1.807, 2.05) is 49.3 Å². The third-order valence-electron chi connectivity index (χ3n) is 24.7. The van der Waals surface area contributed by atoms with Crippen molar-refractivity contribution in [3.63, 3.8) is 0 Å². The Kier molecular flexibility index (Phi) is 29.7. The molecular weight excluding hydrogens is 1560 g/mol. The minimum Gasteiger partial charge on any atom is -0.497 e. The Bertz CT molecular complexity index is 4650. The van der Waals surface area contributed by atoms with E-state index in [9.17, 15) is 49.2 Å². The van der Waals surface area contributed by atoms with Crippen LogP contribution in [0.5, 0.6) is 5.75 Å². The lowest BCUT2D eigenvalue weighted by Gasteiger charge is -2.43. The van der Waals surface area contributed by atoms with Crippen LogP contribution in [0.2, 0.25) is 0 Å². The van der Waals surface area contributed by atoms with Gasteiger partial charge in [-0.3, -0.25) is 39.2 Å². The Morgan fingerprint density at radius 1 is 0.593 bits per heavy atom. The highest BCUT2D eigenvalue weighted by Gasteiger charge is 2.58. The zero-order valence-corrected chi connectivity index (χ0v) is 72.2. The lowest BCUT2D eigenvalue weighted by atomic mass is 9.96. The van der Waals surface area contributed by atoms with Crippen molar-refractivity contribution in [3.8, 4) is 5.75 Å². The number of amides is 3. The van der Waals surface area contributed by atoms with E-state index in [1.165, 1.54) is 82.8 Å². The lowest BCUT2D eigenvalue weighted by Crippen LogP contribution is -2.60. The number of nitrogens with one attached hydrogen (secondary N) is 5. The number of nitrogens with zero attached hydrogens (tertiary/aromatic N) is 10. The summed E-state index contributed by atoms with van der Waals surface area (Å²) in [5.74, 6) is 0.535. The van der Waals surface area contributed by atoms with Gasteiger partial charge in [0.15, 0.2) is 11.6 Å². The van der Waals surface area contributed by atoms with Gasteiger partial charge in [0, 0.05) is 134 Å². The second-order valence-corrected chi connectivity index (χ2v) is 38.6. The molecule has 5 N–H and O–H groups in total. The van der Waals surface area contributed by atoms with Gasteiger partial charge in [0.1, 0.15) is 28.9 Å². The first-order chi connectivity index (χ1) is 56.5. The number of methoxy groups -OCH3 is 1. The van der Waals surface area contributed by atoms with Crippen molar-refractivity contribution in [3.05, 3.63) is 167 Å². The van der Waals surface area contributed by atoms with Gasteiger partial charge in [-0.05, 0) is 179 Å². The fourth-order valence-corrected chi connectivity index (χ4v) is 23.4. The standard InChI is InChI=1S/C20H24N4O4S.C18H27N3O4S.C18H28N2O4S.2C15H21N3O/c1-14(25)15-4-6-17(7-5-15)29(27,28)24-18(13-16-3-2-10-22-16)19(26)23-20(24)8-11-21-12-9-20;1-14(22)15-4-6-17(7-5-15)26(23,24)21-13-16(12-20(2)3)25-18(21)8-10-19-11-9-18;1-3-4-11-19-12-9-18(10-13-19)20(14-15-24-18)25(21,22)17-7-5-16(23-2)6-8-17;1-17-9-7-15(8-10-17)16-11-14(19)18(15)12-13-5-3-2-4-6-13;1-17-9-7-15(8-10-17)16-14(19)12-18(15)11-13-5-3-2-4-6-13/h3-7,10,18,21H,2,8-9,11-13H2,1H3,(H,23,26);4-7,16,19H,8-13H2,1-3H3;5-8H,3-4,9-15H2,1-2H3;2-6,16H,7-12H2,1H3;2-6H,7-12H2,1H3,(H,16,19). The number of hydrogen-bond acceptors (Lipinski definition) is 23. The summed E-state index contributed by atoms with van der Waals surface area (Å²) in [6, 6.07) is 38.5. The quantitative estimate of drug-likeness (QED) is 0.0518. The van der Waals surface area contributed by atoms with Gasteiger partial charge in [-0.25, -0.2) is 25.3 Å². The topological polar surface area (TPSA) is 317 Å². The SMILES string of the molecule is CC(=O)c1ccc(S(=O)(=O)N2C(CC3=CCC=N3)C(=O)NC23CCNCC3)cc1.CC(=O)c1ccc(S(=O)(=O)N2CC(CN(C)C)OC23CCNCC3)cc1.CCCCN1CCC2(CC1)OCCN2S(=O)(=O)c1ccc(OC)cc1.CN1CCC2(CC1)NC(=O)CN2Cc1ccccc1.CN1CCC2(CC1)NCC(=O)N2Cc1ccccc1. The number of piperidine rings is 5. The van der Waals surface area contributed by atoms with Crippen molar-refractivity contribution in [1.82, 2.24) is 68.9 Å². The van der Waals surface area contributed by atoms with Crippen molar-refractivity contribution in [2.75, 3.05) is 147 Å². The molecule has 11 heterocycles. The third-order valence-corrected chi connectivity index (χ3v) is 30.6. The summed E-state index contributed by atoms with van der Waals surface area (Å²) >= 11 is 0. The Morgan fingerprint density at radius 3 is 1.64 bits per heavy atom. The average molecular weight is 1690 g/mol. The van der Waals surface area contributed by atoms with E-state index in [2.05, 4.69) is 113 Å². The van der Waals surface area contributed by atoms with E-state index in [1.54, 1.807) is 54.0 Å². The van der Waals surface area contributed by atoms with Crippen LogP contribution in [-0.2, 0) is 67.0 Å². The second kappa shape index (κ2) is 39.1. The van der Waals surface area contributed by atoms with Gasteiger partial charge in [-0.15, -0.1) is 0 Å². The summed E-state index contributed by atoms with van der Waals surface area (Å²) in [5.41, 5.74) is 1.51. The largest absolute Gasteiger partial charge is 0.497 e. The number of unbranched alkanes of at least 4 members (excludes halogenated alkanes) is 1. The molecule has 10 saturated heterocycles. The van der Waals surface area contributed by atoms with E-state index < -0.39 is 53.2 Å². The molecular formula is C86H121N15O14S3. The number of aliphatic imine (C=N–C) groups is 1. The van der Waals surface area contributed by atoms with Gasteiger partial charge in [-0.2, -0.15) is 12.9 Å². The highest BCUT2D eigenvalue weighted by atomic mass is 32.2. The molecule has 5 aromatic carbocycles. The minimum atomic E-state index is -3.98. The third kappa shape index (κ3) is 20.8. The van der Waals surface area contributed by atoms with Gasteiger partial charge < -0.3 is 60.0 Å². The van der Waals surface area contributed by atoms with Crippen LogP contribution in [0.15, 0.2) is 165 Å². The number of carbonyl (C=O) groups excluding carboxylic acids is 5. The number of ether oxygens (including phenoxy) is 3. The molecule has 11 aliphatic heterocycles. The number of carbonyl (C=O) groups is 5. The molecule has 2 atom stereocenters. The fourth-order valence-electron chi connectivity index (χ4n) is 18.0. The molecule has 0 aliphatic carbocycles. The summed E-state index contributed by atoms with van der Waals surface area (Å²) in [5, 5.41) is 16.2. The van der Waals surface area contributed by atoms with E-state index in [0.717, 1.165) is 116 Å². The molecule has 10 fully saturated rings. The van der Waals surface area contributed by atoms with Crippen molar-refractivity contribution in [1.29, 1.82) is 0 Å². The molecule has 2 unspecified atom stereocenters. The highest BCUT2D eigenvalue weighted by Crippen LogP contribution is 2.43. The molecule has 0 aromatic heterocycles. The molecule has 642 valence electrons. The molecule has 118 heavy (non-hydrogen) atoms. The molecule has 11 aliphatic rings. The fraction of sp³-hybridized carbons (Fsp3) is 0.558. The van der Waals surface area contributed by atoms with Gasteiger partial charge in [0.2, 0.25) is 47.8 Å². The predicted octanol–water partition coefficient (Wildman–Crippen LogP) is 6.52. The number of Topliss-reactive ketones (excluding diaryl/α,β-unsaturated/α-hetero) is 2. The number of ketones is 2. The van der Waals surface area contributed by atoms with Crippen molar-refractivity contribution in [2.45, 2.75) is 179 Å². The first kappa shape index (κ1) is 89.6. The zero-order chi connectivity index (χ0) is 84.1. The maximum atomic E-state index is 13.7. The summed E-state index contributed by atoms with van der Waals surface area (Å²) in [6.07, 6.45) is 14.5. The van der Waals surface area contributed by atoms with Crippen LogP contribution in [0.3, 0.4) is 0 Å². The number of allylic oxidation sites excluding steroid dienone is 1. The Hall–Kier alpha value is -7.61. The van der Waals surface area contributed by atoms with Crippen molar-refractivity contribution >= 4 is 65.6 Å². The van der Waals surface area contributed by atoms with Crippen LogP contribution in [-0.4, -0.2) is 290 Å². The maximum absolute atomic E-state index is 13.7. The Morgan fingerprint density at radius 2 is 1.12 bits per heavy atom. The van der Waals surface area contributed by atoms with Crippen LogP contribution in [0.25, 0.3) is 0 Å². The maximum Gasteiger partial charge on any atom is 0.245 e. The number of hydrogen-bond donors (Lipinski definition) is 5. The van der Waals surface area contributed by atoms with Crippen molar-refractivity contribution < 1.29 is 63.4 Å². The Labute approximate surface area is 697 Å². The molecule has 32 heteroatoms. The molecule has 3 amide bonds. The van der Waals surface area contributed by atoms with Gasteiger partial charge in [0.05, 0.1) is 58.9 Å². The van der Waals surface area contributed by atoms with Gasteiger partial charge in [0.25, 0.3) is 0 Å². The normalized spacial score (nSPS) is 23.2. The molecule has 5 aromatic rings. The Balaban J connectivity index is 0.000000137. The first-order valence-corrected chi connectivity index (χ1v) is 46.0. The molecule has 5 spiro atoms. The average Bonchev–Trinajstić information content (AvgIpc) is 1.57. The minimum absolute atomic E-state index is 0.0748. The number of sulfonamides is 3. The summed E-state index contributed by atoms with van der Waals surface area (Å²) in [4.78, 5) is 78.2. The van der Waals surface area contributed by atoms with E-state index >= 15 is 0 Å². The van der Waals surface area contributed by atoms with Crippen molar-refractivity contribution in [2.24, 2.45) is 4.99 Å². The van der Waals surface area contributed by atoms with Crippen LogP contribution in [0, 0.1) is 0 Å². The predicted molar refractivity (Wildman–Crippen MR) is 452 cm³/mol. The lowest BCUT2D eigenvalue weighted by molar-refractivity contribution is -0.132. The monoisotopic (exact) mass is 1680 g/mol. The first-order valence-electron chi connectivity index (χ1n) is 41.6. The summed E-state index contributed by atoms with van der Waals surface area (Å²) in [7, 11) is -1.49. The molecule has 16 rings (SSSR count). The summed E-state index contributed by atoms with van der Waals surface area (Å²) in [6.45, 7) is 19.3. The van der Waals surface area contributed by atoms with E-state index in [0.29, 0.717) is 106 Å². The number of benzene rings is 5. The molecule has 0 saturated carbocycles. The van der Waals surface area contributed by atoms with Crippen LogP contribution in [0.4, 0.5) is 0 Å². The number of likely N-dealkylation sites (N-methyl/N-ethyl adjacent to an activating group) is 1.